The van der Waals surface area contributed by atoms with Crippen LogP contribution in [0.15, 0.2) is 24.3 Å². The first-order chi connectivity index (χ1) is 5.75. The molecule has 0 bridgehead atoms. The van der Waals surface area contributed by atoms with Crippen LogP contribution in [0.5, 0.6) is 0 Å². The minimum Gasteiger partial charge on any atom is -0.193 e. The highest BCUT2D eigenvalue weighted by molar-refractivity contribution is 6.31. The standard InChI is InChI=1S/C10H8ClN/c1-8-9(5-3-7-12)4-2-6-10(8)11/h2-6H,1H3/b5-3+. The third-order valence-corrected chi connectivity index (χ3v) is 2.06. The highest BCUT2D eigenvalue weighted by Crippen LogP contribution is 2.19. The van der Waals surface area contributed by atoms with Gasteiger partial charge in [0.25, 0.3) is 0 Å². The Morgan fingerprint density at radius 3 is 2.92 bits per heavy atom. The van der Waals surface area contributed by atoms with Crippen molar-refractivity contribution in [3.05, 3.63) is 40.4 Å². The Balaban J connectivity index is 3.10. The van der Waals surface area contributed by atoms with Crippen molar-refractivity contribution in [3.63, 3.8) is 0 Å². The first-order valence-corrected chi connectivity index (χ1v) is 3.95. The van der Waals surface area contributed by atoms with Gasteiger partial charge in [-0.1, -0.05) is 23.7 Å². The maximum atomic E-state index is 8.32. The smallest absolute Gasteiger partial charge is 0.0912 e. The van der Waals surface area contributed by atoms with Crippen LogP contribution in [0.1, 0.15) is 11.1 Å². The molecule has 1 aromatic rings. The summed E-state index contributed by atoms with van der Waals surface area (Å²) in [7, 11) is 0. The largest absolute Gasteiger partial charge is 0.193 e. The molecule has 0 saturated carbocycles. The van der Waals surface area contributed by atoms with Gasteiger partial charge in [-0.15, -0.1) is 0 Å². The van der Waals surface area contributed by atoms with Gasteiger partial charge in [0.1, 0.15) is 0 Å². The molecule has 12 heavy (non-hydrogen) atoms. The lowest BCUT2D eigenvalue weighted by Gasteiger charge is -2.00. The SMILES string of the molecule is Cc1c(Cl)cccc1/C=C/C#N. The second-order valence-electron chi connectivity index (χ2n) is 2.42. The summed E-state index contributed by atoms with van der Waals surface area (Å²) in [6.07, 6.45) is 3.19. The van der Waals surface area contributed by atoms with Crippen LogP contribution in [0.2, 0.25) is 5.02 Å². The van der Waals surface area contributed by atoms with Crippen molar-refractivity contribution < 1.29 is 0 Å². The van der Waals surface area contributed by atoms with Gasteiger partial charge in [-0.3, -0.25) is 0 Å². The maximum Gasteiger partial charge on any atom is 0.0912 e. The number of nitriles is 1. The van der Waals surface area contributed by atoms with Crippen molar-refractivity contribution in [2.24, 2.45) is 0 Å². The average molecular weight is 178 g/mol. The summed E-state index contributed by atoms with van der Waals surface area (Å²) < 4.78 is 0. The highest BCUT2D eigenvalue weighted by Gasteiger charge is 1.96. The summed E-state index contributed by atoms with van der Waals surface area (Å²) in [6.45, 7) is 1.93. The molecule has 0 spiro atoms. The topological polar surface area (TPSA) is 23.8 Å². The molecule has 0 unspecified atom stereocenters. The van der Waals surface area contributed by atoms with E-state index in [0.717, 1.165) is 16.1 Å². The minimum absolute atomic E-state index is 0.732. The van der Waals surface area contributed by atoms with Crippen LogP contribution in [0.25, 0.3) is 6.08 Å². The van der Waals surface area contributed by atoms with Crippen LogP contribution in [0.4, 0.5) is 0 Å². The van der Waals surface area contributed by atoms with Crippen LogP contribution in [-0.4, -0.2) is 0 Å². The molecule has 0 aliphatic heterocycles. The molecule has 0 aliphatic rings. The average Bonchev–Trinajstić information content (AvgIpc) is 2.08. The van der Waals surface area contributed by atoms with Crippen molar-refractivity contribution in [2.45, 2.75) is 6.92 Å². The summed E-state index contributed by atoms with van der Waals surface area (Å²) in [5, 5.41) is 9.05. The first-order valence-electron chi connectivity index (χ1n) is 3.57. The van der Waals surface area contributed by atoms with Gasteiger partial charge in [0.15, 0.2) is 0 Å². The molecule has 0 amide bonds. The lowest BCUT2D eigenvalue weighted by atomic mass is 10.1. The van der Waals surface area contributed by atoms with Gasteiger partial charge in [-0.05, 0) is 30.2 Å². The molecule has 0 radical (unpaired) electrons. The number of nitrogens with zero attached hydrogens (tertiary/aromatic N) is 1. The lowest BCUT2D eigenvalue weighted by molar-refractivity contribution is 1.44. The summed E-state index contributed by atoms with van der Waals surface area (Å²) >= 11 is 5.88. The Labute approximate surface area is 76.9 Å². The summed E-state index contributed by atoms with van der Waals surface area (Å²) in [5.74, 6) is 0. The molecule has 0 fully saturated rings. The third-order valence-electron chi connectivity index (χ3n) is 1.65. The van der Waals surface area contributed by atoms with E-state index in [0.29, 0.717) is 0 Å². The second kappa shape index (κ2) is 3.94. The van der Waals surface area contributed by atoms with Crippen LogP contribution in [0, 0.1) is 18.3 Å². The minimum atomic E-state index is 0.732. The molecule has 0 atom stereocenters. The quantitative estimate of drug-likeness (QED) is 0.605. The van der Waals surface area contributed by atoms with Crippen LogP contribution in [-0.2, 0) is 0 Å². The molecule has 60 valence electrons. The van der Waals surface area contributed by atoms with Gasteiger partial charge in [-0.25, -0.2) is 0 Å². The van der Waals surface area contributed by atoms with E-state index in [-0.39, 0.29) is 0 Å². The van der Waals surface area contributed by atoms with Crippen LogP contribution in [0.3, 0.4) is 0 Å². The molecule has 1 aromatic carbocycles. The summed E-state index contributed by atoms with van der Waals surface area (Å²) in [4.78, 5) is 0. The van der Waals surface area contributed by atoms with E-state index in [1.165, 1.54) is 6.08 Å². The number of benzene rings is 1. The number of hydrogen-bond donors (Lipinski definition) is 0. The van der Waals surface area contributed by atoms with Gasteiger partial charge >= 0.3 is 0 Å². The number of halogens is 1. The Bertz CT molecular complexity index is 347. The first kappa shape index (κ1) is 8.83. The number of allylic oxidation sites excluding steroid dienone is 1. The Kier molecular flexibility index (Phi) is 2.90. The zero-order valence-electron chi connectivity index (χ0n) is 6.71. The van der Waals surface area contributed by atoms with E-state index in [1.807, 2.05) is 31.2 Å². The van der Waals surface area contributed by atoms with Crippen molar-refractivity contribution in [3.8, 4) is 6.07 Å². The lowest BCUT2D eigenvalue weighted by Crippen LogP contribution is -1.80. The van der Waals surface area contributed by atoms with Gasteiger partial charge in [-0.2, -0.15) is 5.26 Å². The molecule has 2 heteroatoms. The van der Waals surface area contributed by atoms with Crippen molar-refractivity contribution >= 4 is 17.7 Å². The third kappa shape index (κ3) is 1.87. The fourth-order valence-corrected chi connectivity index (χ4v) is 1.11. The van der Waals surface area contributed by atoms with Gasteiger partial charge < -0.3 is 0 Å². The predicted molar refractivity (Wildman–Crippen MR) is 50.8 cm³/mol. The Hall–Kier alpha value is -1.26. The van der Waals surface area contributed by atoms with Crippen molar-refractivity contribution in [1.29, 1.82) is 5.26 Å². The summed E-state index contributed by atoms with van der Waals surface area (Å²) in [5.41, 5.74) is 2.00. The maximum absolute atomic E-state index is 8.32. The normalized spacial score (nSPS) is 10.1. The zero-order chi connectivity index (χ0) is 8.97. The zero-order valence-corrected chi connectivity index (χ0v) is 7.47. The van der Waals surface area contributed by atoms with Crippen LogP contribution < -0.4 is 0 Å². The van der Waals surface area contributed by atoms with E-state index in [1.54, 1.807) is 6.08 Å². The van der Waals surface area contributed by atoms with Gasteiger partial charge in [0.2, 0.25) is 0 Å². The Morgan fingerprint density at radius 2 is 2.25 bits per heavy atom. The van der Waals surface area contributed by atoms with E-state index in [9.17, 15) is 0 Å². The molecule has 0 N–H and O–H groups in total. The molecular formula is C10H8ClN. The Morgan fingerprint density at radius 1 is 1.50 bits per heavy atom. The number of hydrogen-bond acceptors (Lipinski definition) is 1. The molecule has 0 saturated heterocycles. The molecule has 0 aliphatic carbocycles. The van der Waals surface area contributed by atoms with Gasteiger partial charge in [0, 0.05) is 11.1 Å². The highest BCUT2D eigenvalue weighted by atomic mass is 35.5. The molecule has 1 rings (SSSR count). The van der Waals surface area contributed by atoms with Crippen molar-refractivity contribution in [1.82, 2.24) is 0 Å². The fraction of sp³-hybridized carbons (Fsp3) is 0.100. The number of rotatable bonds is 1. The van der Waals surface area contributed by atoms with Crippen LogP contribution >= 0.6 is 11.6 Å². The van der Waals surface area contributed by atoms with E-state index in [2.05, 4.69) is 0 Å². The van der Waals surface area contributed by atoms with Gasteiger partial charge in [0.05, 0.1) is 6.07 Å². The monoisotopic (exact) mass is 177 g/mol. The fourth-order valence-electron chi connectivity index (χ4n) is 0.932. The van der Waals surface area contributed by atoms with E-state index < -0.39 is 0 Å². The molecule has 0 aromatic heterocycles. The van der Waals surface area contributed by atoms with E-state index >= 15 is 0 Å². The molecular weight excluding hydrogens is 170 g/mol. The summed E-state index contributed by atoms with van der Waals surface area (Å²) in [6, 6.07) is 7.57. The van der Waals surface area contributed by atoms with E-state index in [4.69, 9.17) is 16.9 Å². The molecule has 0 heterocycles. The molecule has 1 nitrogen and oxygen atoms in total. The second-order valence-corrected chi connectivity index (χ2v) is 2.82. The predicted octanol–water partition coefficient (Wildman–Crippen LogP) is 3.19. The van der Waals surface area contributed by atoms with Crippen molar-refractivity contribution in [2.75, 3.05) is 0 Å².